The minimum absolute atomic E-state index is 0.00385. The summed E-state index contributed by atoms with van der Waals surface area (Å²) in [5.41, 5.74) is 1.83. The van der Waals surface area contributed by atoms with E-state index in [2.05, 4.69) is 0 Å². The second-order valence-electron chi connectivity index (χ2n) is 4.88. The summed E-state index contributed by atoms with van der Waals surface area (Å²) in [7, 11) is -3.46. The molecule has 0 bridgehead atoms. The van der Waals surface area contributed by atoms with Crippen LogP contribution in [0.2, 0.25) is 10.0 Å². The van der Waals surface area contributed by atoms with Crippen molar-refractivity contribution in [1.29, 1.82) is 0 Å². The van der Waals surface area contributed by atoms with Gasteiger partial charge in [0, 0.05) is 16.0 Å². The molecule has 6 heteroatoms. The van der Waals surface area contributed by atoms with Crippen LogP contribution in [0.3, 0.4) is 0 Å². The molecular formula is C16H13Cl2NO2S. The van der Waals surface area contributed by atoms with E-state index < -0.39 is 10.0 Å². The van der Waals surface area contributed by atoms with Gasteiger partial charge in [0.15, 0.2) is 0 Å². The Hall–Kier alpha value is -1.49. The monoisotopic (exact) mass is 353 g/mol. The molecule has 0 aliphatic rings. The Bertz CT molecular complexity index is 961. The number of hydrogen-bond acceptors (Lipinski definition) is 2. The first-order valence-corrected chi connectivity index (χ1v) is 9.09. The smallest absolute Gasteiger partial charge is 0.237 e. The third-order valence-electron chi connectivity index (χ3n) is 3.52. The van der Waals surface area contributed by atoms with Gasteiger partial charge in [-0.25, -0.2) is 12.4 Å². The van der Waals surface area contributed by atoms with Gasteiger partial charge in [-0.2, -0.15) is 0 Å². The van der Waals surface area contributed by atoms with Gasteiger partial charge in [-0.05, 0) is 37.3 Å². The zero-order valence-corrected chi connectivity index (χ0v) is 14.1. The number of fused-ring (bicyclic) bond motifs is 1. The van der Waals surface area contributed by atoms with Crippen molar-refractivity contribution in [3.8, 4) is 11.3 Å². The van der Waals surface area contributed by atoms with E-state index in [0.29, 0.717) is 26.8 Å². The summed E-state index contributed by atoms with van der Waals surface area (Å²) in [6.45, 7) is 1.62. The Morgan fingerprint density at radius 1 is 1.05 bits per heavy atom. The molecule has 2 aromatic carbocycles. The quantitative estimate of drug-likeness (QED) is 0.677. The highest BCUT2D eigenvalue weighted by Crippen LogP contribution is 2.35. The Labute approximate surface area is 139 Å². The SMILES string of the molecule is CCS(=O)(=O)n1c(-c2ccc(Cl)cc2Cl)cc2ccccc21. The normalized spacial score (nSPS) is 12.0. The number of benzene rings is 2. The number of nitrogens with zero attached hydrogens (tertiary/aromatic N) is 1. The summed E-state index contributed by atoms with van der Waals surface area (Å²) in [6.07, 6.45) is 0. The van der Waals surface area contributed by atoms with E-state index >= 15 is 0 Å². The molecular weight excluding hydrogens is 341 g/mol. The standard InChI is InChI=1S/C16H13Cl2NO2S/c1-2-22(20,21)19-15-6-4-3-5-11(15)9-16(19)13-8-7-12(17)10-14(13)18/h3-10H,2H2,1H3. The summed E-state index contributed by atoms with van der Waals surface area (Å²) in [4.78, 5) is 0. The maximum absolute atomic E-state index is 12.5. The van der Waals surface area contributed by atoms with E-state index in [-0.39, 0.29) is 5.75 Å². The number of rotatable bonds is 3. The van der Waals surface area contributed by atoms with Gasteiger partial charge in [0.25, 0.3) is 0 Å². The van der Waals surface area contributed by atoms with Crippen molar-refractivity contribution in [3.05, 3.63) is 58.6 Å². The van der Waals surface area contributed by atoms with Gasteiger partial charge >= 0.3 is 0 Å². The summed E-state index contributed by atoms with van der Waals surface area (Å²) >= 11 is 12.2. The van der Waals surface area contributed by atoms with Crippen LogP contribution < -0.4 is 0 Å². The number of hydrogen-bond donors (Lipinski definition) is 0. The molecule has 3 rings (SSSR count). The molecule has 114 valence electrons. The predicted octanol–water partition coefficient (Wildman–Crippen LogP) is 4.81. The molecule has 22 heavy (non-hydrogen) atoms. The van der Waals surface area contributed by atoms with Gasteiger partial charge < -0.3 is 0 Å². The van der Waals surface area contributed by atoms with Gasteiger partial charge in [-0.15, -0.1) is 0 Å². The summed E-state index contributed by atoms with van der Waals surface area (Å²) in [5, 5.41) is 1.78. The fourth-order valence-corrected chi connectivity index (χ4v) is 4.12. The van der Waals surface area contributed by atoms with Crippen molar-refractivity contribution in [1.82, 2.24) is 3.97 Å². The lowest BCUT2D eigenvalue weighted by molar-refractivity contribution is 0.591. The number of para-hydroxylation sites is 1. The van der Waals surface area contributed by atoms with E-state index in [1.807, 2.05) is 24.3 Å². The van der Waals surface area contributed by atoms with Crippen molar-refractivity contribution in [2.75, 3.05) is 5.75 Å². The molecule has 1 heterocycles. The average Bonchev–Trinajstić information content (AvgIpc) is 2.87. The van der Waals surface area contributed by atoms with Crippen molar-refractivity contribution in [2.45, 2.75) is 6.92 Å². The van der Waals surface area contributed by atoms with E-state index in [9.17, 15) is 8.42 Å². The topological polar surface area (TPSA) is 39.1 Å². The van der Waals surface area contributed by atoms with Gasteiger partial charge in [0.1, 0.15) is 0 Å². The molecule has 0 unspecified atom stereocenters. The van der Waals surface area contributed by atoms with Gasteiger partial charge in [-0.1, -0.05) is 41.4 Å². The number of halogens is 2. The largest absolute Gasteiger partial charge is 0.239 e. The Morgan fingerprint density at radius 2 is 1.77 bits per heavy atom. The molecule has 0 saturated heterocycles. The van der Waals surface area contributed by atoms with E-state index in [0.717, 1.165) is 5.39 Å². The van der Waals surface area contributed by atoms with Crippen LogP contribution in [0.15, 0.2) is 48.5 Å². The zero-order valence-electron chi connectivity index (χ0n) is 11.8. The maximum Gasteiger partial charge on any atom is 0.239 e. The number of aromatic nitrogens is 1. The minimum Gasteiger partial charge on any atom is -0.237 e. The Morgan fingerprint density at radius 3 is 2.45 bits per heavy atom. The minimum atomic E-state index is -3.46. The molecule has 3 aromatic rings. The molecule has 0 fully saturated rings. The van der Waals surface area contributed by atoms with Gasteiger partial charge in [-0.3, -0.25) is 0 Å². The van der Waals surface area contributed by atoms with E-state index in [1.54, 1.807) is 31.2 Å². The highest BCUT2D eigenvalue weighted by atomic mass is 35.5. The van der Waals surface area contributed by atoms with Gasteiger partial charge in [0.2, 0.25) is 10.0 Å². The van der Waals surface area contributed by atoms with Crippen LogP contribution in [0, 0.1) is 0 Å². The van der Waals surface area contributed by atoms with Crippen LogP contribution in [0.5, 0.6) is 0 Å². The molecule has 0 atom stereocenters. The van der Waals surface area contributed by atoms with Crippen LogP contribution in [0.1, 0.15) is 6.92 Å². The lowest BCUT2D eigenvalue weighted by Crippen LogP contribution is -2.15. The first-order valence-electron chi connectivity index (χ1n) is 6.73. The molecule has 0 aliphatic heterocycles. The fraction of sp³-hybridized carbons (Fsp3) is 0.125. The van der Waals surface area contributed by atoms with Crippen LogP contribution in [-0.2, 0) is 10.0 Å². The maximum atomic E-state index is 12.5. The Balaban J connectivity index is 2.41. The van der Waals surface area contributed by atoms with Crippen LogP contribution >= 0.6 is 23.2 Å². The second kappa shape index (κ2) is 5.61. The molecule has 0 radical (unpaired) electrons. The van der Waals surface area contributed by atoms with Crippen molar-refractivity contribution in [3.63, 3.8) is 0 Å². The van der Waals surface area contributed by atoms with Crippen LogP contribution in [0.25, 0.3) is 22.2 Å². The summed E-state index contributed by atoms with van der Waals surface area (Å²) < 4.78 is 26.4. The Kier molecular flexibility index (Phi) is 3.93. The first-order chi connectivity index (χ1) is 10.4. The average molecular weight is 354 g/mol. The lowest BCUT2D eigenvalue weighted by Gasteiger charge is -2.11. The van der Waals surface area contributed by atoms with Crippen molar-refractivity contribution >= 4 is 44.1 Å². The lowest BCUT2D eigenvalue weighted by atomic mass is 10.1. The third-order valence-corrected chi connectivity index (χ3v) is 5.74. The van der Waals surface area contributed by atoms with Crippen molar-refractivity contribution < 1.29 is 8.42 Å². The second-order valence-corrected chi connectivity index (χ2v) is 7.83. The third kappa shape index (κ3) is 2.51. The highest BCUT2D eigenvalue weighted by Gasteiger charge is 2.21. The summed E-state index contributed by atoms with van der Waals surface area (Å²) in [5.74, 6) is 0.00385. The molecule has 0 spiro atoms. The van der Waals surface area contributed by atoms with E-state index in [4.69, 9.17) is 23.2 Å². The summed E-state index contributed by atoms with van der Waals surface area (Å²) in [6, 6.07) is 14.2. The molecule has 1 aromatic heterocycles. The first kappa shape index (κ1) is 15.4. The molecule has 0 saturated carbocycles. The van der Waals surface area contributed by atoms with Crippen LogP contribution in [0.4, 0.5) is 0 Å². The fourth-order valence-electron chi connectivity index (χ4n) is 2.44. The predicted molar refractivity (Wildman–Crippen MR) is 92.3 cm³/mol. The highest BCUT2D eigenvalue weighted by molar-refractivity contribution is 7.90. The molecule has 0 N–H and O–H groups in total. The zero-order chi connectivity index (χ0) is 15.9. The molecule has 3 nitrogen and oxygen atoms in total. The molecule has 0 amide bonds. The van der Waals surface area contributed by atoms with Crippen molar-refractivity contribution in [2.24, 2.45) is 0 Å². The molecule has 0 aliphatic carbocycles. The van der Waals surface area contributed by atoms with Crippen LogP contribution in [-0.4, -0.2) is 18.1 Å². The van der Waals surface area contributed by atoms with E-state index in [1.165, 1.54) is 3.97 Å². The van der Waals surface area contributed by atoms with Gasteiger partial charge in [0.05, 0.1) is 22.0 Å².